The Balaban J connectivity index is 3.34. The van der Waals surface area contributed by atoms with Crippen molar-refractivity contribution in [2.45, 2.75) is 109 Å². The molecular formula is C26H45BrO5Si. The normalized spacial score (nSPS) is 22.7. The summed E-state index contributed by atoms with van der Waals surface area (Å²) in [6.45, 7) is 15.7. The number of hydrogen-bond donors (Lipinski definition) is 0. The van der Waals surface area contributed by atoms with Gasteiger partial charge in [-0.15, -0.1) is 0 Å². The lowest BCUT2D eigenvalue weighted by molar-refractivity contribution is -0.167. The van der Waals surface area contributed by atoms with E-state index in [1.54, 1.807) is 14.2 Å². The molecule has 33 heavy (non-hydrogen) atoms. The van der Waals surface area contributed by atoms with Gasteiger partial charge in [-0.05, 0) is 35.0 Å². The smallest absolute Gasteiger partial charge is 0.308 e. The summed E-state index contributed by atoms with van der Waals surface area (Å²) in [5, 5.41) is 0. The van der Waals surface area contributed by atoms with Crippen molar-refractivity contribution in [1.29, 1.82) is 0 Å². The van der Waals surface area contributed by atoms with Crippen LogP contribution in [0.4, 0.5) is 0 Å². The number of carbonyl (C=O) groups is 1. The number of esters is 1. The van der Waals surface area contributed by atoms with E-state index in [1.807, 2.05) is 11.1 Å². The number of allylic oxidation sites excluding steroid dienone is 2. The summed E-state index contributed by atoms with van der Waals surface area (Å²) in [4.78, 5) is 14.2. The van der Waals surface area contributed by atoms with E-state index < -0.39 is 8.32 Å². The van der Waals surface area contributed by atoms with Gasteiger partial charge in [0.25, 0.3) is 0 Å². The molecule has 190 valence electrons. The van der Waals surface area contributed by atoms with Crippen LogP contribution in [0, 0.1) is 0 Å². The monoisotopic (exact) mass is 544 g/mol. The molecule has 0 aromatic heterocycles. The lowest BCUT2D eigenvalue weighted by Gasteiger charge is -2.46. The quantitative estimate of drug-likeness (QED) is 0.141. The van der Waals surface area contributed by atoms with Gasteiger partial charge in [0.05, 0.1) is 18.6 Å². The van der Waals surface area contributed by atoms with Gasteiger partial charge in [0.2, 0.25) is 8.32 Å². The van der Waals surface area contributed by atoms with Gasteiger partial charge in [0.1, 0.15) is 12.2 Å². The SMILES string of the molecule is CO[C@H]1CC(=O)O[C@@H]([C@@H](/C=C(C)/C=C/[C@@H](C/C=C/Br)OC)O[Si](C(C)C)(C(C)C)C(C)C)C1. The summed E-state index contributed by atoms with van der Waals surface area (Å²) in [6, 6.07) is 0. The Labute approximate surface area is 211 Å². The Hall–Kier alpha value is -0.733. The molecule has 1 fully saturated rings. The van der Waals surface area contributed by atoms with Gasteiger partial charge in [0, 0.05) is 20.6 Å². The molecule has 1 rings (SSSR count). The fourth-order valence-corrected chi connectivity index (χ4v) is 10.8. The molecule has 0 saturated carbocycles. The van der Waals surface area contributed by atoms with Gasteiger partial charge < -0.3 is 18.6 Å². The zero-order valence-corrected chi connectivity index (χ0v) is 24.6. The lowest BCUT2D eigenvalue weighted by atomic mass is 9.99. The topological polar surface area (TPSA) is 54.0 Å². The molecule has 1 aliphatic heterocycles. The second-order valence-electron chi connectivity index (χ2n) is 9.87. The maximum atomic E-state index is 12.3. The fraction of sp³-hybridized carbons (Fsp3) is 0.731. The maximum absolute atomic E-state index is 12.3. The first kappa shape index (κ1) is 30.3. The maximum Gasteiger partial charge on any atom is 0.308 e. The van der Waals surface area contributed by atoms with Crippen LogP contribution in [-0.4, -0.2) is 52.9 Å². The van der Waals surface area contributed by atoms with Crippen molar-refractivity contribution < 1.29 is 23.4 Å². The average molecular weight is 546 g/mol. The minimum absolute atomic E-state index is 0.0117. The van der Waals surface area contributed by atoms with Gasteiger partial charge in [-0.2, -0.15) is 0 Å². The van der Waals surface area contributed by atoms with E-state index in [2.05, 4.69) is 82.6 Å². The highest BCUT2D eigenvalue weighted by Gasteiger charge is 2.48. The van der Waals surface area contributed by atoms with Gasteiger partial charge in [-0.3, -0.25) is 4.79 Å². The molecule has 0 aliphatic carbocycles. The van der Waals surface area contributed by atoms with Crippen LogP contribution in [0.3, 0.4) is 0 Å². The Morgan fingerprint density at radius 3 is 2.24 bits per heavy atom. The van der Waals surface area contributed by atoms with Crippen LogP contribution in [0.1, 0.15) is 67.7 Å². The third kappa shape index (κ3) is 8.77. The van der Waals surface area contributed by atoms with Crippen molar-refractivity contribution in [2.75, 3.05) is 14.2 Å². The van der Waals surface area contributed by atoms with Crippen molar-refractivity contribution in [3.05, 3.63) is 34.9 Å². The van der Waals surface area contributed by atoms with E-state index in [-0.39, 0.29) is 30.4 Å². The molecule has 0 bridgehead atoms. The van der Waals surface area contributed by atoms with E-state index in [4.69, 9.17) is 18.6 Å². The minimum Gasteiger partial charge on any atom is -0.459 e. The van der Waals surface area contributed by atoms with E-state index >= 15 is 0 Å². The van der Waals surface area contributed by atoms with Gasteiger partial charge >= 0.3 is 5.97 Å². The van der Waals surface area contributed by atoms with Crippen LogP contribution in [0.15, 0.2) is 34.9 Å². The Morgan fingerprint density at radius 1 is 1.15 bits per heavy atom. The first-order valence-electron chi connectivity index (χ1n) is 12.1. The Morgan fingerprint density at radius 2 is 1.76 bits per heavy atom. The number of cyclic esters (lactones) is 1. The van der Waals surface area contributed by atoms with Crippen LogP contribution in [-0.2, 0) is 23.4 Å². The summed E-state index contributed by atoms with van der Waals surface area (Å²) in [5.41, 5.74) is 2.33. The number of ether oxygens (including phenoxy) is 3. The summed E-state index contributed by atoms with van der Waals surface area (Å²) in [6.07, 6.45) is 9.12. The summed E-state index contributed by atoms with van der Waals surface area (Å²) in [7, 11) is 1.16. The molecular weight excluding hydrogens is 500 g/mol. The largest absolute Gasteiger partial charge is 0.459 e. The molecule has 0 radical (unpaired) electrons. The third-order valence-electron chi connectivity index (χ3n) is 6.68. The molecule has 5 nitrogen and oxygen atoms in total. The predicted molar refractivity (Wildman–Crippen MR) is 142 cm³/mol. The molecule has 0 aromatic rings. The molecule has 0 unspecified atom stereocenters. The second kappa shape index (κ2) is 14.6. The Kier molecular flexibility index (Phi) is 13.4. The van der Waals surface area contributed by atoms with Crippen molar-refractivity contribution in [1.82, 2.24) is 0 Å². The van der Waals surface area contributed by atoms with Crippen molar-refractivity contribution >= 4 is 30.2 Å². The minimum atomic E-state index is -2.20. The molecule has 0 aromatic carbocycles. The highest BCUT2D eigenvalue weighted by molar-refractivity contribution is 9.11. The highest BCUT2D eigenvalue weighted by Crippen LogP contribution is 2.44. The van der Waals surface area contributed by atoms with Crippen LogP contribution >= 0.6 is 15.9 Å². The fourth-order valence-electron chi connectivity index (χ4n) is 5.05. The molecule has 0 spiro atoms. The first-order valence-corrected chi connectivity index (χ1v) is 15.1. The van der Waals surface area contributed by atoms with Crippen LogP contribution < -0.4 is 0 Å². The molecule has 7 heteroatoms. The number of rotatable bonds is 13. The number of carbonyl (C=O) groups excluding carboxylic acids is 1. The summed E-state index contributed by atoms with van der Waals surface area (Å²) in [5.74, 6) is -0.222. The molecule has 1 heterocycles. The summed E-state index contributed by atoms with van der Waals surface area (Å²) < 4.78 is 24.0. The lowest BCUT2D eigenvalue weighted by Crippen LogP contribution is -2.53. The molecule has 1 aliphatic rings. The number of halogens is 1. The van der Waals surface area contributed by atoms with Crippen molar-refractivity contribution in [3.8, 4) is 0 Å². The van der Waals surface area contributed by atoms with Crippen molar-refractivity contribution in [2.24, 2.45) is 0 Å². The van der Waals surface area contributed by atoms with Gasteiger partial charge in [0.15, 0.2) is 0 Å². The second-order valence-corrected chi connectivity index (χ2v) is 15.8. The number of hydrogen-bond acceptors (Lipinski definition) is 5. The summed E-state index contributed by atoms with van der Waals surface area (Å²) >= 11 is 3.31. The third-order valence-corrected chi connectivity index (χ3v) is 13.1. The first-order chi connectivity index (χ1) is 15.5. The highest BCUT2D eigenvalue weighted by atomic mass is 79.9. The molecule has 4 atom stereocenters. The average Bonchev–Trinajstić information content (AvgIpc) is 2.75. The van der Waals surface area contributed by atoms with E-state index in [0.717, 1.165) is 12.0 Å². The van der Waals surface area contributed by atoms with Crippen LogP contribution in [0.5, 0.6) is 0 Å². The zero-order valence-electron chi connectivity index (χ0n) is 22.0. The van der Waals surface area contributed by atoms with Gasteiger partial charge in [-0.1, -0.05) is 87.3 Å². The van der Waals surface area contributed by atoms with E-state index in [0.29, 0.717) is 29.5 Å². The van der Waals surface area contributed by atoms with Crippen LogP contribution in [0.25, 0.3) is 0 Å². The Bertz CT molecular complexity index is 664. The molecule has 0 amide bonds. The predicted octanol–water partition coefficient (Wildman–Crippen LogP) is 7.08. The van der Waals surface area contributed by atoms with Gasteiger partial charge in [-0.25, -0.2) is 0 Å². The van der Waals surface area contributed by atoms with E-state index in [9.17, 15) is 4.79 Å². The zero-order chi connectivity index (χ0) is 25.2. The standard InChI is InChI=1S/C26H45BrO5Si/c1-18(2)33(19(3)4,20(5)6)32-25(24-16-23(30-9)17-26(28)31-24)15-21(7)12-13-22(29-8)11-10-14-27/h10,12-15,18-20,22-25H,11,16-17H2,1-9H3/b13-12+,14-10+,21-15+/t22-,23-,24-,25-/m1/s1. The van der Waals surface area contributed by atoms with Crippen molar-refractivity contribution in [3.63, 3.8) is 0 Å². The molecule has 1 saturated heterocycles. The van der Waals surface area contributed by atoms with E-state index in [1.165, 1.54) is 0 Å². The molecule has 0 N–H and O–H groups in total. The van der Waals surface area contributed by atoms with Crippen LogP contribution in [0.2, 0.25) is 16.6 Å². The number of methoxy groups -OCH3 is 2.